The van der Waals surface area contributed by atoms with Crippen molar-refractivity contribution in [3.63, 3.8) is 0 Å². The van der Waals surface area contributed by atoms with Gasteiger partial charge < -0.3 is 10.2 Å². The van der Waals surface area contributed by atoms with Crippen LogP contribution in [0.3, 0.4) is 0 Å². The van der Waals surface area contributed by atoms with Crippen molar-refractivity contribution >= 4 is 34.2 Å². The second kappa shape index (κ2) is 4.89. The van der Waals surface area contributed by atoms with Crippen molar-refractivity contribution in [3.05, 3.63) is 69.9 Å². The molecule has 1 atom stereocenters. The van der Waals surface area contributed by atoms with E-state index in [0.29, 0.717) is 15.8 Å². The van der Waals surface area contributed by atoms with E-state index in [1.54, 1.807) is 6.07 Å². The van der Waals surface area contributed by atoms with E-state index < -0.39 is 0 Å². The predicted octanol–water partition coefficient (Wildman–Crippen LogP) is 4.79. The van der Waals surface area contributed by atoms with Crippen molar-refractivity contribution in [2.24, 2.45) is 5.73 Å². The topological polar surface area (TPSA) is 39.2 Å². The molecule has 2 aromatic carbocycles. The first-order valence-corrected chi connectivity index (χ1v) is 6.60. The lowest BCUT2D eigenvalue weighted by Gasteiger charge is -2.10. The van der Waals surface area contributed by atoms with Crippen LogP contribution in [0.2, 0.25) is 10.0 Å². The summed E-state index contributed by atoms with van der Waals surface area (Å²) < 4.78 is 5.75. The van der Waals surface area contributed by atoms with E-state index in [1.165, 1.54) is 0 Å². The zero-order valence-electron chi connectivity index (χ0n) is 9.94. The quantitative estimate of drug-likeness (QED) is 0.737. The molecule has 1 unspecified atom stereocenters. The monoisotopic (exact) mass is 291 g/mol. The summed E-state index contributed by atoms with van der Waals surface area (Å²) in [7, 11) is 0. The van der Waals surface area contributed by atoms with Crippen LogP contribution in [0.15, 0.2) is 52.9 Å². The van der Waals surface area contributed by atoms with E-state index in [0.717, 1.165) is 16.5 Å². The maximum Gasteiger partial charge on any atom is 0.134 e. The van der Waals surface area contributed by atoms with Gasteiger partial charge in [-0.05, 0) is 35.9 Å². The average molecular weight is 292 g/mol. The van der Waals surface area contributed by atoms with Crippen LogP contribution in [0.1, 0.15) is 17.4 Å². The highest BCUT2D eigenvalue weighted by Crippen LogP contribution is 2.31. The van der Waals surface area contributed by atoms with Crippen molar-refractivity contribution in [1.82, 2.24) is 0 Å². The molecule has 2 N–H and O–H groups in total. The molecule has 1 heterocycles. The summed E-state index contributed by atoms with van der Waals surface area (Å²) in [5, 5.41) is 2.24. The molecule has 19 heavy (non-hydrogen) atoms. The second-order valence-corrected chi connectivity index (χ2v) is 5.17. The molecule has 0 saturated heterocycles. The van der Waals surface area contributed by atoms with Gasteiger partial charge in [0.1, 0.15) is 11.3 Å². The lowest BCUT2D eigenvalue weighted by atomic mass is 10.1. The van der Waals surface area contributed by atoms with Crippen molar-refractivity contribution in [3.8, 4) is 0 Å². The summed E-state index contributed by atoms with van der Waals surface area (Å²) in [4.78, 5) is 0. The summed E-state index contributed by atoms with van der Waals surface area (Å²) in [6.07, 6.45) is 0. The number of halogens is 2. The van der Waals surface area contributed by atoms with E-state index in [1.807, 2.05) is 42.5 Å². The van der Waals surface area contributed by atoms with Gasteiger partial charge in [0.05, 0.1) is 6.04 Å². The molecule has 96 valence electrons. The van der Waals surface area contributed by atoms with Gasteiger partial charge in [0.2, 0.25) is 0 Å². The van der Waals surface area contributed by atoms with Gasteiger partial charge in [0, 0.05) is 15.4 Å². The summed E-state index contributed by atoms with van der Waals surface area (Å²) in [5.74, 6) is 0.672. The van der Waals surface area contributed by atoms with Crippen LogP contribution in [0.5, 0.6) is 0 Å². The largest absolute Gasteiger partial charge is 0.459 e. The SMILES string of the molecule is NC(c1cc2cc(Cl)ccc2o1)c1ccccc1Cl. The third kappa shape index (κ3) is 2.35. The first-order valence-electron chi connectivity index (χ1n) is 5.84. The maximum absolute atomic E-state index is 6.21. The lowest BCUT2D eigenvalue weighted by Crippen LogP contribution is -2.11. The standard InChI is InChI=1S/C15H11Cl2NO/c16-10-5-6-13-9(7-10)8-14(19-13)15(18)11-3-1-2-4-12(11)17/h1-8,15H,18H2. The number of rotatable bonds is 2. The number of nitrogens with two attached hydrogens (primary N) is 1. The molecule has 0 radical (unpaired) electrons. The van der Waals surface area contributed by atoms with Gasteiger partial charge in [-0.2, -0.15) is 0 Å². The molecule has 0 aliphatic carbocycles. The number of hydrogen-bond donors (Lipinski definition) is 1. The fourth-order valence-electron chi connectivity index (χ4n) is 2.07. The fourth-order valence-corrected chi connectivity index (χ4v) is 2.50. The molecule has 3 aromatic rings. The van der Waals surface area contributed by atoms with Crippen molar-refractivity contribution in [1.29, 1.82) is 0 Å². The minimum Gasteiger partial charge on any atom is -0.459 e. The van der Waals surface area contributed by atoms with Gasteiger partial charge in [-0.1, -0.05) is 41.4 Å². The van der Waals surface area contributed by atoms with E-state index in [2.05, 4.69) is 0 Å². The van der Waals surface area contributed by atoms with Gasteiger partial charge >= 0.3 is 0 Å². The molecule has 0 amide bonds. The summed E-state index contributed by atoms with van der Waals surface area (Å²) in [5.41, 5.74) is 7.82. The lowest BCUT2D eigenvalue weighted by molar-refractivity contribution is 0.525. The van der Waals surface area contributed by atoms with Gasteiger partial charge in [-0.15, -0.1) is 0 Å². The Labute approximate surface area is 120 Å². The smallest absolute Gasteiger partial charge is 0.134 e. The number of benzene rings is 2. The Kier molecular flexibility index (Phi) is 3.23. The molecular formula is C15H11Cl2NO. The molecule has 0 saturated carbocycles. The molecule has 0 aliphatic heterocycles. The van der Waals surface area contributed by atoms with Crippen LogP contribution in [0, 0.1) is 0 Å². The highest BCUT2D eigenvalue weighted by atomic mass is 35.5. The highest BCUT2D eigenvalue weighted by Gasteiger charge is 2.16. The van der Waals surface area contributed by atoms with Gasteiger partial charge in [-0.3, -0.25) is 0 Å². The highest BCUT2D eigenvalue weighted by molar-refractivity contribution is 6.31. The molecule has 4 heteroatoms. The van der Waals surface area contributed by atoms with Crippen molar-refractivity contribution in [2.75, 3.05) is 0 Å². The average Bonchev–Trinajstić information content (AvgIpc) is 2.81. The second-order valence-electron chi connectivity index (χ2n) is 4.33. The molecule has 0 aliphatic rings. The van der Waals surface area contributed by atoms with Gasteiger partial charge in [0.15, 0.2) is 0 Å². The summed E-state index contributed by atoms with van der Waals surface area (Å²) in [6.45, 7) is 0. The zero-order valence-corrected chi connectivity index (χ0v) is 11.4. The normalized spacial score (nSPS) is 12.8. The zero-order chi connectivity index (χ0) is 13.4. The van der Waals surface area contributed by atoms with Crippen LogP contribution in [-0.2, 0) is 0 Å². The van der Waals surface area contributed by atoms with Crippen LogP contribution >= 0.6 is 23.2 Å². The minimum atomic E-state index is -0.389. The van der Waals surface area contributed by atoms with E-state index >= 15 is 0 Å². The van der Waals surface area contributed by atoms with Crippen LogP contribution < -0.4 is 5.73 Å². The van der Waals surface area contributed by atoms with E-state index in [9.17, 15) is 0 Å². The van der Waals surface area contributed by atoms with Crippen molar-refractivity contribution in [2.45, 2.75) is 6.04 Å². The Balaban J connectivity index is 2.07. The van der Waals surface area contributed by atoms with Crippen LogP contribution in [-0.4, -0.2) is 0 Å². The number of furan rings is 1. The summed E-state index contributed by atoms with van der Waals surface area (Å²) >= 11 is 12.1. The number of hydrogen-bond acceptors (Lipinski definition) is 2. The maximum atomic E-state index is 6.21. The molecule has 0 spiro atoms. The Hall–Kier alpha value is -1.48. The Morgan fingerprint density at radius 1 is 1.00 bits per heavy atom. The van der Waals surface area contributed by atoms with Crippen molar-refractivity contribution < 1.29 is 4.42 Å². The molecule has 0 fully saturated rings. The molecular weight excluding hydrogens is 281 g/mol. The Morgan fingerprint density at radius 2 is 1.79 bits per heavy atom. The molecule has 1 aromatic heterocycles. The van der Waals surface area contributed by atoms with E-state index in [-0.39, 0.29) is 6.04 Å². The fraction of sp³-hybridized carbons (Fsp3) is 0.0667. The van der Waals surface area contributed by atoms with Crippen LogP contribution in [0.4, 0.5) is 0 Å². The Morgan fingerprint density at radius 3 is 2.58 bits per heavy atom. The summed E-state index contributed by atoms with van der Waals surface area (Å²) in [6, 6.07) is 14.5. The molecule has 3 rings (SSSR count). The van der Waals surface area contributed by atoms with Gasteiger partial charge in [-0.25, -0.2) is 0 Å². The van der Waals surface area contributed by atoms with Crippen LogP contribution in [0.25, 0.3) is 11.0 Å². The predicted molar refractivity (Wildman–Crippen MR) is 78.7 cm³/mol. The third-order valence-electron chi connectivity index (χ3n) is 3.04. The third-order valence-corrected chi connectivity index (χ3v) is 3.62. The molecule has 2 nitrogen and oxygen atoms in total. The first-order chi connectivity index (χ1) is 9.15. The van der Waals surface area contributed by atoms with E-state index in [4.69, 9.17) is 33.4 Å². The van der Waals surface area contributed by atoms with Gasteiger partial charge in [0.25, 0.3) is 0 Å². The first kappa shape index (κ1) is 12.5. The molecule has 0 bridgehead atoms. The Bertz CT molecular complexity index is 736. The number of fused-ring (bicyclic) bond motifs is 1. The minimum absolute atomic E-state index is 0.389.